The Morgan fingerprint density at radius 2 is 1.64 bits per heavy atom. The fourth-order valence-corrected chi connectivity index (χ4v) is 8.10. The minimum absolute atomic E-state index is 0.0735. The van der Waals surface area contributed by atoms with Crippen LogP contribution in [0.15, 0.2) is 78.9 Å². The van der Waals surface area contributed by atoms with E-state index in [1.54, 1.807) is 41.3 Å². The molecule has 44 heavy (non-hydrogen) atoms. The molecule has 8 nitrogen and oxygen atoms in total. The van der Waals surface area contributed by atoms with Gasteiger partial charge in [-0.25, -0.2) is 0 Å². The maximum atomic E-state index is 13.8. The minimum Gasteiger partial charge on any atom is -0.396 e. The minimum atomic E-state index is -3.85. The van der Waals surface area contributed by atoms with E-state index in [1.165, 1.54) is 23.5 Å². The normalized spacial score (nSPS) is 14.8. The van der Waals surface area contributed by atoms with Gasteiger partial charge in [0.15, 0.2) is 0 Å². The van der Waals surface area contributed by atoms with E-state index < -0.39 is 21.4 Å². The third-order valence-corrected chi connectivity index (χ3v) is 10.7. The average molecular weight is 674 g/mol. The first-order valence-electron chi connectivity index (χ1n) is 13.9. The first-order chi connectivity index (χ1) is 21.0. The van der Waals surface area contributed by atoms with Crippen LogP contribution in [-0.4, -0.2) is 55.7 Å². The molecule has 3 N–H and O–H groups in total. The highest BCUT2D eigenvalue weighted by atomic mass is 35.5. The molecule has 0 aliphatic carbocycles. The Hall–Kier alpha value is -3.41. The van der Waals surface area contributed by atoms with Gasteiger partial charge in [-0.1, -0.05) is 71.7 Å². The van der Waals surface area contributed by atoms with Gasteiger partial charge in [-0.2, -0.15) is 8.42 Å². The van der Waals surface area contributed by atoms with E-state index in [0.717, 1.165) is 21.6 Å². The van der Waals surface area contributed by atoms with Crippen molar-refractivity contribution < 1.29 is 27.3 Å². The number of thiophene rings is 1. The summed E-state index contributed by atoms with van der Waals surface area (Å²) in [6, 6.07) is 22.9. The summed E-state index contributed by atoms with van der Waals surface area (Å²) in [6.45, 7) is 0.461. The highest BCUT2D eigenvalue weighted by Crippen LogP contribution is 2.44. The van der Waals surface area contributed by atoms with E-state index in [-0.39, 0.29) is 30.4 Å². The molecule has 0 atom stereocenters. The largest absolute Gasteiger partial charge is 0.396 e. The molecule has 1 aliphatic heterocycles. The molecule has 0 spiro atoms. The van der Waals surface area contributed by atoms with Gasteiger partial charge in [0.2, 0.25) is 5.91 Å². The molecule has 12 heteroatoms. The molecule has 0 radical (unpaired) electrons. The number of nitrogens with two attached hydrogens (primary N) is 1. The number of amides is 2. The average Bonchev–Trinajstić information content (AvgIpc) is 3.45. The Kier molecular flexibility index (Phi) is 9.67. The van der Waals surface area contributed by atoms with Gasteiger partial charge in [0.25, 0.3) is 5.91 Å². The first kappa shape index (κ1) is 32.0. The predicted octanol–water partition coefficient (Wildman–Crippen LogP) is 6.14. The lowest BCUT2D eigenvalue weighted by molar-refractivity contribution is -0.125. The molecule has 3 aromatic carbocycles. The molecule has 2 heterocycles. The molecular weight excluding hydrogens is 643 g/mol. The summed E-state index contributed by atoms with van der Waals surface area (Å²) >= 11 is 14.1. The third-order valence-electron chi connectivity index (χ3n) is 7.76. The van der Waals surface area contributed by atoms with Crippen LogP contribution in [0.2, 0.25) is 10.0 Å². The first-order valence-corrected chi connectivity index (χ1v) is 17.1. The van der Waals surface area contributed by atoms with Crippen LogP contribution in [0.4, 0.5) is 0 Å². The second-order valence-corrected chi connectivity index (χ2v) is 14.1. The van der Waals surface area contributed by atoms with Crippen molar-refractivity contribution in [2.24, 2.45) is 5.73 Å². The van der Waals surface area contributed by atoms with E-state index >= 15 is 0 Å². The van der Waals surface area contributed by atoms with Crippen molar-refractivity contribution in [1.82, 2.24) is 4.90 Å². The Bertz CT molecular complexity index is 1770. The number of benzene rings is 3. The van der Waals surface area contributed by atoms with Crippen LogP contribution in [0, 0.1) is 0 Å². The standard InChI is InChI=1S/C32H30Cl2N2O6S2/c33-23-9-12-25(27(34)19-23)29-26(21-7-10-24(11-8-21)42-44(40,41)18-4-17-37)20-28(43-29)30(38)36-15-13-32(14-16-36,31(35)39)22-5-2-1-3-6-22/h1-3,5-12,19-20,37H,4,13-18H2,(H2,35,39). The van der Waals surface area contributed by atoms with Crippen molar-refractivity contribution in [3.05, 3.63) is 99.3 Å². The molecule has 1 fully saturated rings. The van der Waals surface area contributed by atoms with E-state index in [9.17, 15) is 18.0 Å². The van der Waals surface area contributed by atoms with Gasteiger partial charge in [-0.15, -0.1) is 11.3 Å². The van der Waals surface area contributed by atoms with Crippen molar-refractivity contribution in [2.75, 3.05) is 25.4 Å². The number of aliphatic hydroxyl groups excluding tert-OH is 1. The molecule has 0 bridgehead atoms. The number of carbonyl (C=O) groups excluding carboxylic acids is 2. The van der Waals surface area contributed by atoms with Crippen molar-refractivity contribution in [1.29, 1.82) is 0 Å². The van der Waals surface area contributed by atoms with Crippen molar-refractivity contribution in [3.8, 4) is 27.3 Å². The Balaban J connectivity index is 1.45. The number of piperidine rings is 1. The molecule has 0 unspecified atom stereocenters. The van der Waals surface area contributed by atoms with Gasteiger partial charge < -0.3 is 19.9 Å². The van der Waals surface area contributed by atoms with Crippen molar-refractivity contribution in [3.63, 3.8) is 0 Å². The van der Waals surface area contributed by atoms with Crippen molar-refractivity contribution >= 4 is 56.5 Å². The van der Waals surface area contributed by atoms with Crippen LogP contribution in [0.1, 0.15) is 34.5 Å². The zero-order valence-electron chi connectivity index (χ0n) is 23.5. The summed E-state index contributed by atoms with van der Waals surface area (Å²) in [5.41, 5.74) is 8.05. The number of nitrogens with zero attached hydrogens (tertiary/aromatic N) is 1. The van der Waals surface area contributed by atoms with E-state index in [0.29, 0.717) is 46.4 Å². The zero-order valence-corrected chi connectivity index (χ0v) is 26.7. The summed E-state index contributed by atoms with van der Waals surface area (Å²) in [4.78, 5) is 29.4. The van der Waals surface area contributed by atoms with E-state index in [1.807, 2.05) is 30.3 Å². The maximum absolute atomic E-state index is 13.8. The Morgan fingerprint density at radius 1 is 0.955 bits per heavy atom. The maximum Gasteiger partial charge on any atom is 0.309 e. The number of aliphatic hydroxyl groups is 1. The number of hydrogen-bond acceptors (Lipinski definition) is 7. The van der Waals surface area contributed by atoms with E-state index in [2.05, 4.69) is 0 Å². The summed E-state index contributed by atoms with van der Waals surface area (Å²) in [5, 5.41) is 9.84. The number of primary amides is 1. The van der Waals surface area contributed by atoms with Gasteiger partial charge >= 0.3 is 10.1 Å². The smallest absolute Gasteiger partial charge is 0.309 e. The quantitative estimate of drug-likeness (QED) is 0.195. The zero-order chi connectivity index (χ0) is 31.5. The van der Waals surface area contributed by atoms with E-state index in [4.69, 9.17) is 38.2 Å². The van der Waals surface area contributed by atoms with Gasteiger partial charge in [0.1, 0.15) is 5.75 Å². The van der Waals surface area contributed by atoms with Crippen LogP contribution in [0.3, 0.4) is 0 Å². The summed E-state index contributed by atoms with van der Waals surface area (Å²) in [5.74, 6) is -0.742. The molecule has 1 aromatic heterocycles. The number of likely N-dealkylation sites (tertiary alicyclic amines) is 1. The molecule has 5 rings (SSSR count). The number of hydrogen-bond donors (Lipinski definition) is 2. The SMILES string of the molecule is NC(=O)C1(c2ccccc2)CCN(C(=O)c2cc(-c3ccc(OS(=O)(=O)CCCO)cc3)c(-c3ccc(Cl)cc3Cl)s2)CC1. The molecule has 1 saturated heterocycles. The molecule has 230 valence electrons. The molecular formula is C32H30Cl2N2O6S2. The van der Waals surface area contributed by atoms with Crippen LogP contribution in [-0.2, 0) is 20.3 Å². The fraction of sp³-hybridized carbons (Fsp3) is 0.250. The van der Waals surface area contributed by atoms with Crippen LogP contribution >= 0.6 is 34.5 Å². The number of carbonyl (C=O) groups is 2. The molecule has 0 saturated carbocycles. The highest BCUT2D eigenvalue weighted by molar-refractivity contribution is 7.87. The summed E-state index contributed by atoms with van der Waals surface area (Å²) in [6.07, 6.45) is 0.897. The van der Waals surface area contributed by atoms with Crippen molar-refractivity contribution in [2.45, 2.75) is 24.7 Å². The lowest BCUT2D eigenvalue weighted by Crippen LogP contribution is -2.51. The van der Waals surface area contributed by atoms with Crippen LogP contribution < -0.4 is 9.92 Å². The van der Waals surface area contributed by atoms with Gasteiger partial charge in [0.05, 0.1) is 21.1 Å². The molecule has 2 amide bonds. The fourth-order valence-electron chi connectivity index (χ4n) is 5.39. The lowest BCUT2D eigenvalue weighted by atomic mass is 9.72. The second kappa shape index (κ2) is 13.3. The third kappa shape index (κ3) is 6.79. The summed E-state index contributed by atoms with van der Waals surface area (Å²) < 4.78 is 29.5. The van der Waals surface area contributed by atoms with Gasteiger partial charge in [0, 0.05) is 40.7 Å². The molecule has 4 aromatic rings. The Labute approximate surface area is 270 Å². The molecule has 1 aliphatic rings. The second-order valence-electron chi connectivity index (χ2n) is 10.5. The number of halogens is 2. The predicted molar refractivity (Wildman–Crippen MR) is 174 cm³/mol. The monoisotopic (exact) mass is 672 g/mol. The summed E-state index contributed by atoms with van der Waals surface area (Å²) in [7, 11) is -3.85. The van der Waals surface area contributed by atoms with Crippen LogP contribution in [0.5, 0.6) is 5.75 Å². The topological polar surface area (TPSA) is 127 Å². The van der Waals surface area contributed by atoms with Gasteiger partial charge in [-0.05, 0) is 60.7 Å². The van der Waals surface area contributed by atoms with Crippen LogP contribution in [0.25, 0.3) is 21.6 Å². The number of rotatable bonds is 10. The highest BCUT2D eigenvalue weighted by Gasteiger charge is 2.42. The Morgan fingerprint density at radius 3 is 2.25 bits per heavy atom. The lowest BCUT2D eigenvalue weighted by Gasteiger charge is -2.40. The van der Waals surface area contributed by atoms with Gasteiger partial charge in [-0.3, -0.25) is 9.59 Å².